The summed E-state index contributed by atoms with van der Waals surface area (Å²) in [7, 11) is 1.58. The van der Waals surface area contributed by atoms with Gasteiger partial charge < -0.3 is 9.47 Å². The van der Waals surface area contributed by atoms with Crippen LogP contribution in [-0.4, -0.2) is 29.3 Å². The Morgan fingerprint density at radius 2 is 1.81 bits per heavy atom. The summed E-state index contributed by atoms with van der Waals surface area (Å²) in [5, 5.41) is 1.86. The lowest BCUT2D eigenvalue weighted by Gasteiger charge is -2.16. The van der Waals surface area contributed by atoms with Crippen molar-refractivity contribution in [3.63, 3.8) is 0 Å². The van der Waals surface area contributed by atoms with Gasteiger partial charge in [-0.05, 0) is 65.2 Å². The van der Waals surface area contributed by atoms with Gasteiger partial charge in [-0.3, -0.25) is 14.5 Å². The molecule has 0 radical (unpaired) electrons. The van der Waals surface area contributed by atoms with Crippen molar-refractivity contribution in [2.75, 3.05) is 7.11 Å². The highest BCUT2D eigenvalue weighted by Gasteiger charge is 2.35. The normalized spacial score (nSPS) is 16.1. The second-order valence-corrected chi connectivity index (χ2v) is 8.65. The Morgan fingerprint density at radius 3 is 2.59 bits per heavy atom. The fourth-order valence-corrected chi connectivity index (χ4v) is 4.40. The summed E-state index contributed by atoms with van der Waals surface area (Å²) in [5.74, 6) is 0.962. The van der Waals surface area contributed by atoms with Crippen molar-refractivity contribution in [3.8, 4) is 11.5 Å². The fourth-order valence-electron chi connectivity index (χ4n) is 3.56. The van der Waals surface area contributed by atoms with Crippen LogP contribution in [0.25, 0.3) is 16.8 Å². The van der Waals surface area contributed by atoms with E-state index in [0.29, 0.717) is 16.4 Å². The van der Waals surface area contributed by atoms with E-state index >= 15 is 0 Å². The lowest BCUT2D eigenvalue weighted by molar-refractivity contribution is -0.123. The van der Waals surface area contributed by atoms with Gasteiger partial charge in [-0.25, -0.2) is 0 Å². The summed E-state index contributed by atoms with van der Waals surface area (Å²) in [5.41, 5.74) is 1.72. The molecule has 3 aromatic rings. The zero-order valence-electron chi connectivity index (χ0n) is 18.3. The Labute approximate surface area is 192 Å². The second kappa shape index (κ2) is 9.49. The maximum Gasteiger partial charge on any atom is 0.293 e. The molecule has 0 saturated carbocycles. The molecule has 5 nitrogen and oxygen atoms in total. The van der Waals surface area contributed by atoms with E-state index in [2.05, 4.69) is 6.92 Å². The van der Waals surface area contributed by atoms with Crippen LogP contribution >= 0.6 is 11.8 Å². The first kappa shape index (κ1) is 22.0. The number of thioether (sulfide) groups is 1. The Hall–Kier alpha value is -3.25. The van der Waals surface area contributed by atoms with Crippen LogP contribution in [0.3, 0.4) is 0 Å². The molecule has 0 aliphatic carbocycles. The molecule has 164 valence electrons. The molecule has 1 atom stereocenters. The van der Waals surface area contributed by atoms with Crippen molar-refractivity contribution in [3.05, 3.63) is 76.7 Å². The molecular weight excluding hydrogens is 422 g/mol. The number of hydrogen-bond donors (Lipinski definition) is 0. The number of amides is 2. The van der Waals surface area contributed by atoms with Gasteiger partial charge in [-0.15, -0.1) is 0 Å². The first-order chi connectivity index (χ1) is 15.5. The Balaban J connectivity index is 1.57. The summed E-state index contributed by atoms with van der Waals surface area (Å²) >= 11 is 0.960. The highest BCUT2D eigenvalue weighted by Crippen LogP contribution is 2.36. The van der Waals surface area contributed by atoms with Crippen LogP contribution in [0.1, 0.15) is 31.4 Å². The first-order valence-electron chi connectivity index (χ1n) is 10.6. The molecule has 2 amide bonds. The van der Waals surface area contributed by atoms with Crippen molar-refractivity contribution >= 4 is 39.8 Å². The lowest BCUT2D eigenvalue weighted by atomic mass is 10.0. The third-order valence-corrected chi connectivity index (χ3v) is 6.38. The van der Waals surface area contributed by atoms with Crippen molar-refractivity contribution in [1.82, 2.24) is 4.90 Å². The van der Waals surface area contributed by atoms with Gasteiger partial charge in [0.2, 0.25) is 0 Å². The molecular formula is C26H25NO4S. The second-order valence-electron chi connectivity index (χ2n) is 7.65. The Bertz CT molecular complexity index is 1200. The van der Waals surface area contributed by atoms with Gasteiger partial charge in [-0.1, -0.05) is 55.5 Å². The molecule has 1 heterocycles. The number of benzene rings is 3. The highest BCUT2D eigenvalue weighted by atomic mass is 32.2. The van der Waals surface area contributed by atoms with E-state index in [0.717, 1.165) is 40.1 Å². The van der Waals surface area contributed by atoms with Gasteiger partial charge in [0.05, 0.1) is 24.7 Å². The largest absolute Gasteiger partial charge is 0.493 e. The minimum Gasteiger partial charge on any atom is -0.493 e. The topological polar surface area (TPSA) is 55.8 Å². The van der Waals surface area contributed by atoms with E-state index in [1.807, 2.05) is 67.6 Å². The van der Waals surface area contributed by atoms with E-state index in [1.165, 1.54) is 4.90 Å². The number of fused-ring (bicyclic) bond motifs is 1. The van der Waals surface area contributed by atoms with Gasteiger partial charge in [0.15, 0.2) is 11.5 Å². The Morgan fingerprint density at radius 1 is 1.03 bits per heavy atom. The van der Waals surface area contributed by atoms with E-state index < -0.39 is 0 Å². The minimum atomic E-state index is -0.285. The molecule has 32 heavy (non-hydrogen) atoms. The molecule has 1 saturated heterocycles. The summed E-state index contributed by atoms with van der Waals surface area (Å²) in [4.78, 5) is 27.4. The average molecular weight is 448 g/mol. The Kier molecular flexibility index (Phi) is 6.51. The monoisotopic (exact) mass is 447 g/mol. The van der Waals surface area contributed by atoms with Crippen molar-refractivity contribution < 1.29 is 19.1 Å². The van der Waals surface area contributed by atoms with Gasteiger partial charge in [0.1, 0.15) is 0 Å². The molecule has 1 aliphatic rings. The van der Waals surface area contributed by atoms with Crippen LogP contribution in [0.4, 0.5) is 4.79 Å². The number of imide groups is 1. The molecule has 0 aromatic heterocycles. The number of ether oxygens (including phenoxy) is 2. The lowest BCUT2D eigenvalue weighted by Crippen LogP contribution is -2.27. The molecule has 3 aromatic carbocycles. The van der Waals surface area contributed by atoms with Crippen molar-refractivity contribution in [2.45, 2.75) is 32.9 Å². The summed E-state index contributed by atoms with van der Waals surface area (Å²) in [6.45, 7) is 4.30. The third kappa shape index (κ3) is 4.50. The van der Waals surface area contributed by atoms with Crippen molar-refractivity contribution in [1.29, 1.82) is 0 Å². The first-order valence-corrected chi connectivity index (χ1v) is 11.4. The van der Waals surface area contributed by atoms with Crippen molar-refractivity contribution in [2.24, 2.45) is 0 Å². The fraction of sp³-hybridized carbons (Fsp3) is 0.231. The van der Waals surface area contributed by atoms with Crippen LogP contribution in [0.5, 0.6) is 11.5 Å². The number of rotatable bonds is 7. The predicted molar refractivity (Wildman–Crippen MR) is 129 cm³/mol. The van der Waals surface area contributed by atoms with E-state index in [-0.39, 0.29) is 23.8 Å². The molecule has 4 rings (SSSR count). The van der Waals surface area contributed by atoms with E-state index in [9.17, 15) is 9.59 Å². The molecule has 1 aliphatic heterocycles. The number of nitrogens with zero attached hydrogens (tertiary/aromatic N) is 1. The van der Waals surface area contributed by atoms with Gasteiger partial charge in [0, 0.05) is 0 Å². The minimum absolute atomic E-state index is 0.0697. The quantitative estimate of drug-likeness (QED) is 0.400. The number of carbonyl (C=O) groups is 2. The van der Waals surface area contributed by atoms with Gasteiger partial charge >= 0.3 is 0 Å². The molecule has 1 unspecified atom stereocenters. The molecule has 0 bridgehead atoms. The van der Waals surface area contributed by atoms with E-state index in [4.69, 9.17) is 9.47 Å². The predicted octanol–water partition coefficient (Wildman–Crippen LogP) is 6.26. The summed E-state index contributed by atoms with van der Waals surface area (Å²) in [6.07, 6.45) is 2.68. The van der Waals surface area contributed by atoms with Crippen LogP contribution in [0.2, 0.25) is 0 Å². The molecule has 0 N–H and O–H groups in total. The van der Waals surface area contributed by atoms with Crippen LogP contribution in [0, 0.1) is 0 Å². The number of hydrogen-bond acceptors (Lipinski definition) is 5. The standard InChI is InChI=1S/C26H25NO4S/c1-4-17(2)31-22-13-12-18(14-23(22)30-3)15-24-25(28)27(26(29)32-24)16-20-10-7-9-19-8-5-6-11-21(19)20/h5-15,17H,4,16H2,1-3H3/b24-15+. The van der Waals surface area contributed by atoms with E-state index in [1.54, 1.807) is 13.2 Å². The maximum atomic E-state index is 13.0. The molecule has 1 fully saturated rings. The zero-order valence-corrected chi connectivity index (χ0v) is 19.1. The van der Waals surface area contributed by atoms with Crippen LogP contribution in [0.15, 0.2) is 65.6 Å². The molecule has 6 heteroatoms. The summed E-state index contributed by atoms with van der Waals surface area (Å²) in [6, 6.07) is 19.4. The van der Waals surface area contributed by atoms with Crippen LogP contribution < -0.4 is 9.47 Å². The number of methoxy groups -OCH3 is 1. The molecule has 0 spiro atoms. The summed E-state index contributed by atoms with van der Waals surface area (Å²) < 4.78 is 11.3. The average Bonchev–Trinajstić information content (AvgIpc) is 3.07. The smallest absolute Gasteiger partial charge is 0.293 e. The number of carbonyl (C=O) groups excluding carboxylic acids is 2. The zero-order chi connectivity index (χ0) is 22.7. The van der Waals surface area contributed by atoms with Gasteiger partial charge in [0.25, 0.3) is 11.1 Å². The van der Waals surface area contributed by atoms with Gasteiger partial charge in [-0.2, -0.15) is 0 Å². The highest BCUT2D eigenvalue weighted by molar-refractivity contribution is 8.18. The van der Waals surface area contributed by atoms with Crippen LogP contribution in [-0.2, 0) is 11.3 Å². The third-order valence-electron chi connectivity index (χ3n) is 5.47. The maximum absolute atomic E-state index is 13.0. The SMILES string of the molecule is CCC(C)Oc1ccc(/C=C2/SC(=O)N(Cc3cccc4ccccc34)C2=O)cc1OC.